The minimum absolute atomic E-state index is 0.0178. The molecule has 0 aliphatic heterocycles. The summed E-state index contributed by atoms with van der Waals surface area (Å²) in [6.07, 6.45) is 2.43. The van der Waals surface area contributed by atoms with Gasteiger partial charge in [-0.2, -0.15) is 0 Å². The van der Waals surface area contributed by atoms with Gasteiger partial charge < -0.3 is 14.7 Å². The second-order valence-corrected chi connectivity index (χ2v) is 5.62. The lowest BCUT2D eigenvalue weighted by Crippen LogP contribution is -2.29. The van der Waals surface area contributed by atoms with Crippen molar-refractivity contribution in [3.63, 3.8) is 0 Å². The number of pyridine rings is 1. The number of aromatic amines is 1. The van der Waals surface area contributed by atoms with Gasteiger partial charge in [-0.05, 0) is 44.0 Å². The molecule has 1 amide bonds. The lowest BCUT2D eigenvalue weighted by Gasteiger charge is -2.08. The van der Waals surface area contributed by atoms with Crippen molar-refractivity contribution in [2.45, 2.75) is 32.7 Å². The van der Waals surface area contributed by atoms with Gasteiger partial charge in [-0.25, -0.2) is 0 Å². The van der Waals surface area contributed by atoms with Crippen molar-refractivity contribution in [3.8, 4) is 0 Å². The first-order chi connectivity index (χ1) is 10.1. The van der Waals surface area contributed by atoms with Crippen LogP contribution in [0.25, 0.3) is 0 Å². The molecule has 5 heteroatoms. The molecule has 2 aromatic rings. The molecule has 110 valence electrons. The van der Waals surface area contributed by atoms with Crippen LogP contribution < -0.4 is 10.9 Å². The molecule has 0 bridgehead atoms. The third-order valence-corrected chi connectivity index (χ3v) is 3.97. The van der Waals surface area contributed by atoms with Crippen molar-refractivity contribution in [1.29, 1.82) is 0 Å². The van der Waals surface area contributed by atoms with Crippen LogP contribution in [0.5, 0.6) is 0 Å². The van der Waals surface area contributed by atoms with Crippen molar-refractivity contribution < 1.29 is 9.21 Å². The summed E-state index contributed by atoms with van der Waals surface area (Å²) >= 11 is 0. The van der Waals surface area contributed by atoms with E-state index in [2.05, 4.69) is 10.3 Å². The molecule has 2 heterocycles. The van der Waals surface area contributed by atoms with Crippen LogP contribution in [0.2, 0.25) is 0 Å². The molecular formula is C16H18N2O3. The van der Waals surface area contributed by atoms with E-state index in [1.165, 1.54) is 0 Å². The van der Waals surface area contributed by atoms with E-state index in [1.807, 2.05) is 32.0 Å². The maximum absolute atomic E-state index is 12.1. The predicted molar refractivity (Wildman–Crippen MR) is 77.9 cm³/mol. The summed E-state index contributed by atoms with van der Waals surface area (Å²) in [7, 11) is 0. The third kappa shape index (κ3) is 2.77. The minimum Gasteiger partial charge on any atom is -0.469 e. The van der Waals surface area contributed by atoms with Gasteiger partial charge in [0, 0.05) is 29.6 Å². The highest BCUT2D eigenvalue weighted by Gasteiger charge is 2.45. The second-order valence-electron chi connectivity index (χ2n) is 5.62. The molecule has 0 radical (unpaired) electrons. The molecule has 1 fully saturated rings. The average molecular weight is 286 g/mol. The van der Waals surface area contributed by atoms with E-state index in [0.29, 0.717) is 5.56 Å². The van der Waals surface area contributed by atoms with E-state index in [0.717, 1.165) is 23.4 Å². The topological polar surface area (TPSA) is 75.1 Å². The Morgan fingerprint density at radius 1 is 1.48 bits per heavy atom. The van der Waals surface area contributed by atoms with Crippen molar-refractivity contribution in [3.05, 3.63) is 57.4 Å². The number of hydrogen-bond donors (Lipinski definition) is 2. The Hall–Kier alpha value is -2.30. The first kappa shape index (κ1) is 13.7. The van der Waals surface area contributed by atoms with Gasteiger partial charge in [0.1, 0.15) is 5.76 Å². The van der Waals surface area contributed by atoms with Crippen LogP contribution in [-0.4, -0.2) is 10.9 Å². The fourth-order valence-corrected chi connectivity index (χ4v) is 2.71. The third-order valence-electron chi connectivity index (χ3n) is 3.97. The largest absolute Gasteiger partial charge is 0.469 e. The summed E-state index contributed by atoms with van der Waals surface area (Å²) in [6.45, 7) is 3.99. The van der Waals surface area contributed by atoms with Crippen LogP contribution in [0.4, 0.5) is 0 Å². The normalized spacial score (nSPS) is 20.3. The van der Waals surface area contributed by atoms with Gasteiger partial charge in [0.2, 0.25) is 5.91 Å². The number of aromatic nitrogens is 1. The Bertz CT molecular complexity index is 716. The Labute approximate surface area is 122 Å². The van der Waals surface area contributed by atoms with Gasteiger partial charge in [-0.15, -0.1) is 0 Å². The molecule has 2 unspecified atom stereocenters. The minimum atomic E-state index is -0.133. The predicted octanol–water partition coefficient (Wildman–Crippen LogP) is 2.00. The number of carbonyl (C=O) groups is 1. The number of aryl methyl sites for hydroxylation is 2. The summed E-state index contributed by atoms with van der Waals surface area (Å²) in [5.41, 5.74) is 2.21. The van der Waals surface area contributed by atoms with E-state index >= 15 is 0 Å². The maximum atomic E-state index is 12.1. The fraction of sp³-hybridized carbons (Fsp3) is 0.375. The van der Waals surface area contributed by atoms with E-state index in [1.54, 1.807) is 6.26 Å². The van der Waals surface area contributed by atoms with Gasteiger partial charge in [-0.3, -0.25) is 9.59 Å². The van der Waals surface area contributed by atoms with Crippen LogP contribution >= 0.6 is 0 Å². The molecule has 0 aromatic carbocycles. The summed E-state index contributed by atoms with van der Waals surface area (Å²) < 4.78 is 5.32. The zero-order valence-electron chi connectivity index (χ0n) is 12.1. The molecule has 1 saturated carbocycles. The monoisotopic (exact) mass is 286 g/mol. The number of rotatable bonds is 4. The van der Waals surface area contributed by atoms with Crippen molar-refractivity contribution in [2.75, 3.05) is 0 Å². The first-order valence-corrected chi connectivity index (χ1v) is 7.07. The number of nitrogens with one attached hydrogen (secondary N) is 2. The number of H-pyrrole nitrogens is 1. The lowest BCUT2D eigenvalue weighted by molar-refractivity contribution is -0.122. The lowest BCUT2D eigenvalue weighted by atomic mass is 10.1. The maximum Gasteiger partial charge on any atom is 0.253 e. The van der Waals surface area contributed by atoms with Crippen LogP contribution in [0.1, 0.15) is 34.9 Å². The summed E-state index contributed by atoms with van der Waals surface area (Å²) in [5.74, 6) is 0.980. The molecule has 0 saturated heterocycles. The van der Waals surface area contributed by atoms with Gasteiger partial charge in [0.05, 0.1) is 6.26 Å². The molecule has 2 N–H and O–H groups in total. The molecule has 0 spiro atoms. The zero-order chi connectivity index (χ0) is 15.0. The second kappa shape index (κ2) is 5.24. The van der Waals surface area contributed by atoms with Crippen molar-refractivity contribution in [2.24, 2.45) is 5.92 Å². The molecule has 3 rings (SSSR count). The van der Waals surface area contributed by atoms with Crippen LogP contribution in [0.3, 0.4) is 0 Å². The van der Waals surface area contributed by atoms with E-state index in [4.69, 9.17) is 4.42 Å². The van der Waals surface area contributed by atoms with Crippen LogP contribution in [-0.2, 0) is 11.3 Å². The van der Waals surface area contributed by atoms with E-state index < -0.39 is 0 Å². The first-order valence-electron chi connectivity index (χ1n) is 7.07. The number of furan rings is 1. The zero-order valence-corrected chi connectivity index (χ0v) is 12.1. The molecular weight excluding hydrogens is 268 g/mol. The van der Waals surface area contributed by atoms with Crippen LogP contribution in [0, 0.1) is 19.8 Å². The van der Waals surface area contributed by atoms with Gasteiger partial charge >= 0.3 is 0 Å². The molecule has 1 aliphatic rings. The van der Waals surface area contributed by atoms with Gasteiger partial charge in [0.25, 0.3) is 5.56 Å². The smallest absolute Gasteiger partial charge is 0.253 e. The Kier molecular flexibility index (Phi) is 3.41. The Morgan fingerprint density at radius 3 is 2.95 bits per heavy atom. The average Bonchev–Trinajstić information content (AvgIpc) is 3.03. The Morgan fingerprint density at radius 2 is 2.29 bits per heavy atom. The highest BCUT2D eigenvalue weighted by molar-refractivity contribution is 5.82. The summed E-state index contributed by atoms with van der Waals surface area (Å²) in [4.78, 5) is 26.8. The van der Waals surface area contributed by atoms with Crippen molar-refractivity contribution >= 4 is 5.91 Å². The molecule has 1 aliphatic carbocycles. The highest BCUT2D eigenvalue weighted by atomic mass is 16.3. The number of amides is 1. The van der Waals surface area contributed by atoms with Gasteiger partial charge in [0.15, 0.2) is 0 Å². The standard InChI is InChI=1S/C16H18N2O3/c1-9-6-10(2)18-16(20)13(9)8-17-15(19)12-7-11(12)14-4-3-5-21-14/h3-6,11-12H,7-8H2,1-2H3,(H,17,19)(H,18,20). The summed E-state index contributed by atoms with van der Waals surface area (Å²) in [5, 5.41) is 2.85. The number of hydrogen-bond acceptors (Lipinski definition) is 3. The van der Waals surface area contributed by atoms with E-state index in [9.17, 15) is 9.59 Å². The molecule has 2 atom stereocenters. The molecule has 21 heavy (non-hydrogen) atoms. The Balaban J connectivity index is 1.62. The molecule has 2 aromatic heterocycles. The van der Waals surface area contributed by atoms with Crippen LogP contribution in [0.15, 0.2) is 33.7 Å². The fourth-order valence-electron chi connectivity index (χ4n) is 2.71. The SMILES string of the molecule is Cc1cc(C)c(CNC(=O)C2CC2c2ccco2)c(=O)[nH]1. The van der Waals surface area contributed by atoms with E-state index in [-0.39, 0.29) is 29.8 Å². The van der Waals surface area contributed by atoms with Crippen molar-refractivity contribution in [1.82, 2.24) is 10.3 Å². The number of carbonyl (C=O) groups excluding carboxylic acids is 1. The summed E-state index contributed by atoms with van der Waals surface area (Å²) in [6, 6.07) is 5.64. The highest BCUT2D eigenvalue weighted by Crippen LogP contribution is 2.47. The molecule has 5 nitrogen and oxygen atoms in total. The quantitative estimate of drug-likeness (QED) is 0.902. The van der Waals surface area contributed by atoms with Gasteiger partial charge in [-0.1, -0.05) is 0 Å².